The van der Waals surface area contributed by atoms with Crippen LogP contribution in [0.4, 0.5) is 4.39 Å². The van der Waals surface area contributed by atoms with Gasteiger partial charge in [0.05, 0.1) is 6.54 Å². The van der Waals surface area contributed by atoms with Crippen molar-refractivity contribution in [3.63, 3.8) is 0 Å². The Hall–Kier alpha value is -2.99. The first-order valence-electron chi connectivity index (χ1n) is 12.3. The van der Waals surface area contributed by atoms with E-state index in [2.05, 4.69) is 6.07 Å². The van der Waals surface area contributed by atoms with Gasteiger partial charge in [-0.15, -0.1) is 11.3 Å². The number of halogens is 1. The fourth-order valence-electron chi connectivity index (χ4n) is 4.77. The van der Waals surface area contributed by atoms with Crippen LogP contribution in [0.15, 0.2) is 60.7 Å². The van der Waals surface area contributed by atoms with Crippen molar-refractivity contribution >= 4 is 23.2 Å². The van der Waals surface area contributed by atoms with E-state index in [0.29, 0.717) is 18.7 Å². The topological polar surface area (TPSA) is 40.6 Å². The molecule has 0 atom stereocenters. The van der Waals surface area contributed by atoms with Crippen LogP contribution in [0.5, 0.6) is 0 Å². The van der Waals surface area contributed by atoms with Crippen LogP contribution < -0.4 is 0 Å². The van der Waals surface area contributed by atoms with E-state index in [1.165, 1.54) is 23.4 Å². The Balaban J connectivity index is 1.59. The van der Waals surface area contributed by atoms with E-state index in [1.54, 1.807) is 33.3 Å². The third kappa shape index (κ3) is 6.57. The second kappa shape index (κ2) is 11.6. The van der Waals surface area contributed by atoms with Crippen LogP contribution in [0.25, 0.3) is 0 Å². The minimum atomic E-state index is -0.298. The monoisotopic (exact) mass is 492 g/mol. The summed E-state index contributed by atoms with van der Waals surface area (Å²) in [4.78, 5) is 33.3. The molecule has 0 aliphatic heterocycles. The number of carbonyl (C=O) groups excluding carboxylic acids is 2. The third-order valence-electron chi connectivity index (χ3n) is 6.74. The number of thiophene rings is 1. The number of nitrogens with zero attached hydrogens (tertiary/aromatic N) is 2. The van der Waals surface area contributed by atoms with Gasteiger partial charge in [-0.1, -0.05) is 49.6 Å². The van der Waals surface area contributed by atoms with Crippen molar-refractivity contribution in [2.75, 3.05) is 6.54 Å². The predicted molar refractivity (Wildman–Crippen MR) is 139 cm³/mol. The number of carbonyl (C=O) groups is 2. The standard InChI is InChI=1S/C29H33FN2O2S/c1-21-8-6-7-11-27(21)29(34)32(25-9-4-3-5-10-25)20-28(33)31(19-26-17-12-22(2)35-26)18-23-13-15-24(30)16-14-23/h6-8,11-17,25H,3-5,9-10,18-20H2,1-2H3. The van der Waals surface area contributed by atoms with Gasteiger partial charge in [-0.05, 0) is 68.1 Å². The van der Waals surface area contributed by atoms with Gasteiger partial charge < -0.3 is 9.80 Å². The molecule has 2 amide bonds. The number of amides is 2. The van der Waals surface area contributed by atoms with Crippen molar-refractivity contribution in [1.82, 2.24) is 9.80 Å². The van der Waals surface area contributed by atoms with E-state index < -0.39 is 0 Å². The Kier molecular flexibility index (Phi) is 8.34. The molecule has 4 nitrogen and oxygen atoms in total. The van der Waals surface area contributed by atoms with Gasteiger partial charge in [0, 0.05) is 27.9 Å². The fourth-order valence-corrected chi connectivity index (χ4v) is 5.68. The summed E-state index contributed by atoms with van der Waals surface area (Å²) in [7, 11) is 0. The molecule has 1 saturated carbocycles. The molecule has 6 heteroatoms. The summed E-state index contributed by atoms with van der Waals surface area (Å²) in [5.74, 6) is -0.460. The van der Waals surface area contributed by atoms with Gasteiger partial charge in [-0.25, -0.2) is 4.39 Å². The molecule has 0 saturated heterocycles. The van der Waals surface area contributed by atoms with E-state index in [1.807, 2.05) is 44.2 Å². The second-order valence-electron chi connectivity index (χ2n) is 9.43. The van der Waals surface area contributed by atoms with Crippen LogP contribution in [-0.4, -0.2) is 34.2 Å². The van der Waals surface area contributed by atoms with E-state index in [0.717, 1.165) is 41.7 Å². The summed E-state index contributed by atoms with van der Waals surface area (Å²) in [6.07, 6.45) is 5.17. The van der Waals surface area contributed by atoms with Gasteiger partial charge in [-0.3, -0.25) is 9.59 Å². The molecule has 1 fully saturated rings. The highest BCUT2D eigenvalue weighted by molar-refractivity contribution is 7.11. The second-order valence-corrected chi connectivity index (χ2v) is 10.8. The summed E-state index contributed by atoms with van der Waals surface area (Å²) in [5, 5.41) is 0. The smallest absolute Gasteiger partial charge is 0.254 e. The lowest BCUT2D eigenvalue weighted by Gasteiger charge is -2.36. The maximum absolute atomic E-state index is 13.8. The summed E-state index contributed by atoms with van der Waals surface area (Å²) < 4.78 is 13.5. The molecule has 0 N–H and O–H groups in total. The maximum Gasteiger partial charge on any atom is 0.254 e. The lowest BCUT2D eigenvalue weighted by atomic mass is 9.93. The normalized spacial score (nSPS) is 14.0. The molecule has 0 radical (unpaired) electrons. The SMILES string of the molecule is Cc1ccc(CN(Cc2ccc(F)cc2)C(=O)CN(C(=O)c2ccccc2C)C2CCCCC2)s1. The van der Waals surface area contributed by atoms with Crippen molar-refractivity contribution in [3.05, 3.63) is 92.9 Å². The first kappa shape index (κ1) is 25.1. The highest BCUT2D eigenvalue weighted by Gasteiger charge is 2.30. The van der Waals surface area contributed by atoms with Gasteiger partial charge in [0.2, 0.25) is 5.91 Å². The van der Waals surface area contributed by atoms with Crippen LogP contribution in [0.2, 0.25) is 0 Å². The zero-order chi connectivity index (χ0) is 24.8. The van der Waals surface area contributed by atoms with Crippen molar-refractivity contribution in [2.45, 2.75) is 65.1 Å². The number of rotatable bonds is 8. The van der Waals surface area contributed by atoms with E-state index in [-0.39, 0.29) is 30.2 Å². The van der Waals surface area contributed by atoms with Crippen LogP contribution in [0.3, 0.4) is 0 Å². The Morgan fingerprint density at radius 1 is 0.914 bits per heavy atom. The molecular formula is C29H33FN2O2S. The van der Waals surface area contributed by atoms with Crippen LogP contribution in [-0.2, 0) is 17.9 Å². The van der Waals surface area contributed by atoms with Crippen molar-refractivity contribution < 1.29 is 14.0 Å². The lowest BCUT2D eigenvalue weighted by Crippen LogP contribution is -2.48. The molecular weight excluding hydrogens is 459 g/mol. The zero-order valence-corrected chi connectivity index (χ0v) is 21.3. The largest absolute Gasteiger partial charge is 0.332 e. The van der Waals surface area contributed by atoms with E-state index in [9.17, 15) is 14.0 Å². The van der Waals surface area contributed by atoms with Crippen molar-refractivity contribution in [3.8, 4) is 0 Å². The minimum absolute atomic E-state index is 0.0450. The predicted octanol–water partition coefficient (Wildman–Crippen LogP) is 6.51. The summed E-state index contributed by atoms with van der Waals surface area (Å²) >= 11 is 1.66. The highest BCUT2D eigenvalue weighted by Crippen LogP contribution is 2.26. The first-order valence-corrected chi connectivity index (χ1v) is 13.2. The maximum atomic E-state index is 13.8. The Bertz CT molecular complexity index is 1150. The lowest BCUT2D eigenvalue weighted by molar-refractivity contribution is -0.133. The fraction of sp³-hybridized carbons (Fsp3) is 0.379. The molecule has 2 aromatic carbocycles. The Morgan fingerprint density at radius 3 is 2.29 bits per heavy atom. The first-order chi connectivity index (χ1) is 16.9. The molecule has 4 rings (SSSR count). The van der Waals surface area contributed by atoms with E-state index >= 15 is 0 Å². The summed E-state index contributed by atoms with van der Waals surface area (Å²) in [5.41, 5.74) is 2.44. The van der Waals surface area contributed by atoms with Crippen LogP contribution in [0.1, 0.15) is 63.3 Å². The zero-order valence-electron chi connectivity index (χ0n) is 20.5. The Labute approximate surface area is 211 Å². The average Bonchev–Trinajstić information content (AvgIpc) is 3.28. The van der Waals surface area contributed by atoms with Gasteiger partial charge >= 0.3 is 0 Å². The van der Waals surface area contributed by atoms with Gasteiger partial charge in [0.25, 0.3) is 5.91 Å². The molecule has 35 heavy (non-hydrogen) atoms. The minimum Gasteiger partial charge on any atom is -0.332 e. The third-order valence-corrected chi connectivity index (χ3v) is 7.72. The van der Waals surface area contributed by atoms with Crippen molar-refractivity contribution in [2.24, 2.45) is 0 Å². The molecule has 1 aromatic heterocycles. The van der Waals surface area contributed by atoms with Gasteiger partial charge in [-0.2, -0.15) is 0 Å². The van der Waals surface area contributed by atoms with Gasteiger partial charge in [0.15, 0.2) is 0 Å². The molecule has 1 heterocycles. The van der Waals surface area contributed by atoms with E-state index in [4.69, 9.17) is 0 Å². The molecule has 1 aliphatic rings. The quantitative estimate of drug-likeness (QED) is 0.360. The van der Waals surface area contributed by atoms with Gasteiger partial charge in [0.1, 0.15) is 12.4 Å². The van der Waals surface area contributed by atoms with Crippen LogP contribution >= 0.6 is 11.3 Å². The molecule has 3 aromatic rings. The number of hydrogen-bond acceptors (Lipinski definition) is 3. The van der Waals surface area contributed by atoms with Crippen LogP contribution in [0, 0.1) is 19.7 Å². The highest BCUT2D eigenvalue weighted by atomic mass is 32.1. The molecule has 184 valence electrons. The molecule has 0 bridgehead atoms. The summed E-state index contributed by atoms with van der Waals surface area (Å²) in [6.45, 7) is 4.86. The number of aryl methyl sites for hydroxylation is 2. The average molecular weight is 493 g/mol. The summed E-state index contributed by atoms with van der Waals surface area (Å²) in [6, 6.07) is 18.0. The number of benzene rings is 2. The molecule has 0 unspecified atom stereocenters. The Morgan fingerprint density at radius 2 is 1.63 bits per heavy atom. The van der Waals surface area contributed by atoms with Crippen molar-refractivity contribution in [1.29, 1.82) is 0 Å². The molecule has 0 spiro atoms. The number of hydrogen-bond donors (Lipinski definition) is 0. The molecule has 1 aliphatic carbocycles.